The molecule has 0 bridgehead atoms. The smallest absolute Gasteiger partial charge is 0.254 e. The molecule has 0 unspecified atom stereocenters. The first-order valence-corrected chi connectivity index (χ1v) is 7.42. The molecule has 116 valence electrons. The highest BCUT2D eigenvalue weighted by Crippen LogP contribution is 2.20. The van der Waals surface area contributed by atoms with E-state index in [4.69, 9.17) is 5.73 Å². The van der Waals surface area contributed by atoms with Crippen LogP contribution in [0, 0.1) is 6.92 Å². The van der Waals surface area contributed by atoms with Crippen LogP contribution < -0.4 is 11.1 Å². The van der Waals surface area contributed by atoms with Gasteiger partial charge in [0.15, 0.2) is 0 Å². The van der Waals surface area contributed by atoms with Crippen molar-refractivity contribution in [1.29, 1.82) is 0 Å². The molecule has 0 fully saturated rings. The first-order valence-electron chi connectivity index (χ1n) is 7.42. The molecule has 0 atom stereocenters. The van der Waals surface area contributed by atoms with E-state index in [0.29, 0.717) is 23.9 Å². The minimum atomic E-state index is -1.02. The molecule has 0 aliphatic carbocycles. The summed E-state index contributed by atoms with van der Waals surface area (Å²) in [5.74, 6) is -0.846. The van der Waals surface area contributed by atoms with Gasteiger partial charge in [0, 0.05) is 11.1 Å². The number of para-hydroxylation sites is 1. The number of aryl methyl sites for hydroxylation is 1. The van der Waals surface area contributed by atoms with Crippen LogP contribution in [0.5, 0.6) is 0 Å². The molecule has 1 aromatic carbocycles. The number of fused-ring (bicyclic) bond motifs is 1. The van der Waals surface area contributed by atoms with Gasteiger partial charge in [-0.05, 0) is 31.9 Å². The summed E-state index contributed by atoms with van der Waals surface area (Å²) in [6, 6.07) is 9.24. The molecule has 5 heteroatoms. The molecule has 2 rings (SSSR count). The Bertz CT molecular complexity index is 721. The third kappa shape index (κ3) is 2.79. The van der Waals surface area contributed by atoms with E-state index in [2.05, 4.69) is 10.3 Å². The Morgan fingerprint density at radius 2 is 1.86 bits per heavy atom. The summed E-state index contributed by atoms with van der Waals surface area (Å²) < 4.78 is 0. The van der Waals surface area contributed by atoms with Gasteiger partial charge >= 0.3 is 0 Å². The highest BCUT2D eigenvalue weighted by atomic mass is 16.2. The lowest BCUT2D eigenvalue weighted by Gasteiger charge is -2.29. The van der Waals surface area contributed by atoms with Crippen LogP contribution in [0.4, 0.5) is 0 Å². The van der Waals surface area contributed by atoms with Crippen LogP contribution in [-0.4, -0.2) is 22.3 Å². The number of carbonyl (C=O) groups excluding carboxylic acids is 2. The van der Waals surface area contributed by atoms with Crippen LogP contribution in [-0.2, 0) is 4.79 Å². The first kappa shape index (κ1) is 15.9. The van der Waals surface area contributed by atoms with E-state index < -0.39 is 11.4 Å². The predicted molar refractivity (Wildman–Crippen MR) is 86.5 cm³/mol. The number of pyridine rings is 1. The van der Waals surface area contributed by atoms with Crippen molar-refractivity contribution < 1.29 is 9.59 Å². The van der Waals surface area contributed by atoms with Crippen molar-refractivity contribution in [1.82, 2.24) is 10.3 Å². The zero-order valence-electron chi connectivity index (χ0n) is 13.1. The number of hydrogen-bond donors (Lipinski definition) is 2. The fourth-order valence-electron chi connectivity index (χ4n) is 2.55. The highest BCUT2D eigenvalue weighted by molar-refractivity contribution is 6.07. The van der Waals surface area contributed by atoms with Gasteiger partial charge in [-0.2, -0.15) is 0 Å². The third-order valence-electron chi connectivity index (χ3n) is 4.14. The van der Waals surface area contributed by atoms with Crippen LogP contribution in [0.2, 0.25) is 0 Å². The van der Waals surface area contributed by atoms with Gasteiger partial charge in [0.2, 0.25) is 5.91 Å². The minimum Gasteiger partial charge on any atom is -0.368 e. The Morgan fingerprint density at radius 1 is 1.18 bits per heavy atom. The molecule has 3 N–H and O–H groups in total. The van der Waals surface area contributed by atoms with Gasteiger partial charge < -0.3 is 11.1 Å². The molecular formula is C17H21N3O2. The van der Waals surface area contributed by atoms with Gasteiger partial charge in [0.1, 0.15) is 5.54 Å². The summed E-state index contributed by atoms with van der Waals surface area (Å²) in [5, 5.41) is 3.69. The van der Waals surface area contributed by atoms with E-state index in [1.807, 2.05) is 39.0 Å². The van der Waals surface area contributed by atoms with Gasteiger partial charge in [-0.25, -0.2) is 0 Å². The third-order valence-corrected chi connectivity index (χ3v) is 4.14. The number of primary amides is 1. The molecule has 0 aliphatic rings. The maximum Gasteiger partial charge on any atom is 0.254 e. The van der Waals surface area contributed by atoms with E-state index in [1.165, 1.54) is 0 Å². The molecule has 2 aromatic rings. The predicted octanol–water partition coefficient (Wildman–Crippen LogP) is 2.32. The van der Waals surface area contributed by atoms with Crippen molar-refractivity contribution in [3.63, 3.8) is 0 Å². The second kappa shape index (κ2) is 6.13. The molecule has 22 heavy (non-hydrogen) atoms. The number of rotatable bonds is 5. The van der Waals surface area contributed by atoms with Crippen LogP contribution in [0.25, 0.3) is 10.9 Å². The van der Waals surface area contributed by atoms with E-state index >= 15 is 0 Å². The number of benzene rings is 1. The number of aromatic nitrogens is 1. The number of nitrogens with zero attached hydrogens (tertiary/aromatic N) is 1. The average molecular weight is 299 g/mol. The maximum atomic E-state index is 12.6. The summed E-state index contributed by atoms with van der Waals surface area (Å²) in [7, 11) is 0. The van der Waals surface area contributed by atoms with Gasteiger partial charge in [-0.1, -0.05) is 32.0 Å². The lowest BCUT2D eigenvalue weighted by atomic mass is 9.91. The Kier molecular flexibility index (Phi) is 4.45. The lowest BCUT2D eigenvalue weighted by Crippen LogP contribution is -2.56. The van der Waals surface area contributed by atoms with Crippen molar-refractivity contribution in [2.24, 2.45) is 5.73 Å². The number of hydrogen-bond acceptors (Lipinski definition) is 3. The molecule has 1 aromatic heterocycles. The number of nitrogens with two attached hydrogens (primary N) is 1. The monoisotopic (exact) mass is 299 g/mol. The summed E-state index contributed by atoms with van der Waals surface area (Å²) >= 11 is 0. The van der Waals surface area contributed by atoms with Crippen molar-refractivity contribution >= 4 is 22.7 Å². The first-order chi connectivity index (χ1) is 10.4. The van der Waals surface area contributed by atoms with Crippen LogP contribution in [0.3, 0.4) is 0 Å². The average Bonchev–Trinajstić information content (AvgIpc) is 2.51. The highest BCUT2D eigenvalue weighted by Gasteiger charge is 2.35. The van der Waals surface area contributed by atoms with Crippen molar-refractivity contribution in [3.05, 3.63) is 41.6 Å². The molecule has 0 saturated heterocycles. The van der Waals surface area contributed by atoms with Crippen molar-refractivity contribution in [3.8, 4) is 0 Å². The molecule has 5 nitrogen and oxygen atoms in total. The maximum absolute atomic E-state index is 12.6. The van der Waals surface area contributed by atoms with Crippen LogP contribution in [0.15, 0.2) is 30.3 Å². The fourth-order valence-corrected chi connectivity index (χ4v) is 2.55. The Balaban J connectivity index is 2.46. The quantitative estimate of drug-likeness (QED) is 0.888. The molecule has 0 aliphatic heterocycles. The van der Waals surface area contributed by atoms with Crippen LogP contribution >= 0.6 is 0 Å². The van der Waals surface area contributed by atoms with Gasteiger partial charge in [0.25, 0.3) is 5.91 Å². The molecule has 2 amide bonds. The molecular weight excluding hydrogens is 278 g/mol. The lowest BCUT2D eigenvalue weighted by molar-refractivity contribution is -0.124. The van der Waals surface area contributed by atoms with E-state index in [9.17, 15) is 9.59 Å². The molecule has 1 heterocycles. The number of carbonyl (C=O) groups is 2. The van der Waals surface area contributed by atoms with E-state index in [0.717, 1.165) is 11.1 Å². The Morgan fingerprint density at radius 3 is 2.45 bits per heavy atom. The number of nitrogens with one attached hydrogen (secondary N) is 1. The summed E-state index contributed by atoms with van der Waals surface area (Å²) in [6.45, 7) is 5.54. The largest absolute Gasteiger partial charge is 0.368 e. The summed E-state index contributed by atoms with van der Waals surface area (Å²) in [6.07, 6.45) is 0.892. The van der Waals surface area contributed by atoms with Crippen molar-refractivity contribution in [2.45, 2.75) is 39.2 Å². The molecule has 0 radical (unpaired) electrons. The molecule has 0 spiro atoms. The second-order valence-electron chi connectivity index (χ2n) is 5.44. The zero-order chi connectivity index (χ0) is 16.3. The standard InChI is InChI=1S/C17H21N3O2/c1-4-17(5-2,16(18)22)20-15(21)13-8-6-7-12-10-9-11(3)19-14(12)13/h6-10H,4-5H2,1-3H3,(H2,18,22)(H,20,21). The normalized spacial score (nSPS) is 11.4. The topological polar surface area (TPSA) is 85.1 Å². The minimum absolute atomic E-state index is 0.328. The molecule has 0 saturated carbocycles. The summed E-state index contributed by atoms with van der Waals surface area (Å²) in [4.78, 5) is 28.9. The van der Waals surface area contributed by atoms with Gasteiger partial charge in [-0.3, -0.25) is 14.6 Å². The summed E-state index contributed by atoms with van der Waals surface area (Å²) in [5.41, 5.74) is 6.38. The van der Waals surface area contributed by atoms with Gasteiger partial charge in [0.05, 0.1) is 11.1 Å². The van der Waals surface area contributed by atoms with E-state index in [-0.39, 0.29) is 5.91 Å². The van der Waals surface area contributed by atoms with Crippen LogP contribution in [0.1, 0.15) is 42.7 Å². The fraction of sp³-hybridized carbons (Fsp3) is 0.353. The zero-order valence-corrected chi connectivity index (χ0v) is 13.1. The Hall–Kier alpha value is -2.43. The van der Waals surface area contributed by atoms with Gasteiger partial charge in [-0.15, -0.1) is 0 Å². The second-order valence-corrected chi connectivity index (χ2v) is 5.44. The number of amides is 2. The SMILES string of the molecule is CCC(CC)(NC(=O)c1cccc2ccc(C)nc12)C(N)=O. The van der Waals surface area contributed by atoms with E-state index in [1.54, 1.807) is 12.1 Å². The Labute approximate surface area is 129 Å². The van der Waals surface area contributed by atoms with Crippen molar-refractivity contribution in [2.75, 3.05) is 0 Å².